The molecule has 5 rings (SSSR count). The quantitative estimate of drug-likeness (QED) is 0.284. The zero-order valence-electron chi connectivity index (χ0n) is 22.9. The molecule has 4 aromatic rings. The van der Waals surface area contributed by atoms with Crippen molar-refractivity contribution in [2.24, 2.45) is 0 Å². The predicted octanol–water partition coefficient (Wildman–Crippen LogP) is 2.84. The maximum Gasteiger partial charge on any atom is 0.330 e. The molecule has 0 bridgehead atoms. The third kappa shape index (κ3) is 5.42. The highest BCUT2D eigenvalue weighted by molar-refractivity contribution is 5.49. The van der Waals surface area contributed by atoms with E-state index in [-0.39, 0.29) is 6.61 Å². The highest BCUT2D eigenvalue weighted by atomic mass is 16.6. The number of rotatable bonds is 10. The fourth-order valence-electron chi connectivity index (χ4n) is 5.24. The lowest BCUT2D eigenvalue weighted by Crippen LogP contribution is -2.40. The summed E-state index contributed by atoms with van der Waals surface area (Å²) in [5.74, 6) is 1.38. The molecule has 0 spiro atoms. The molecule has 0 saturated carbocycles. The maximum atomic E-state index is 12.5. The van der Waals surface area contributed by atoms with E-state index in [0.29, 0.717) is 11.5 Å². The number of hydrogen-bond donors (Lipinski definition) is 2. The first-order valence-electron chi connectivity index (χ1n) is 13.1. The van der Waals surface area contributed by atoms with Crippen molar-refractivity contribution in [3.05, 3.63) is 129 Å². The molecule has 1 saturated heterocycles. The summed E-state index contributed by atoms with van der Waals surface area (Å²) in [5, 5.41) is 11.2. The van der Waals surface area contributed by atoms with Crippen molar-refractivity contribution >= 4 is 0 Å². The molecule has 4 unspecified atom stereocenters. The minimum Gasteiger partial charge on any atom is -0.497 e. The third-order valence-electron chi connectivity index (χ3n) is 7.35. The Balaban J connectivity index is 1.57. The van der Waals surface area contributed by atoms with Crippen LogP contribution in [0.25, 0.3) is 0 Å². The standard InChI is InChI=1S/C31H32N2O8/c1-37-23-13-9-21(10-14-23)31(20-7-5-4-6-8-20,22-11-15-24(38-2)16-12-22)40-19-25-27(35)28(39-3)29(41-25)33-18-17-26(34)32-30(33)36/h4-18,25,27-29,35H,19H2,1-3H3,(H,32,34,36). The molecule has 10 nitrogen and oxygen atoms in total. The van der Waals surface area contributed by atoms with Gasteiger partial charge in [-0.05, 0) is 41.0 Å². The highest BCUT2D eigenvalue weighted by Crippen LogP contribution is 2.43. The minimum atomic E-state index is -1.14. The van der Waals surface area contributed by atoms with E-state index in [4.69, 9.17) is 23.7 Å². The molecule has 0 aliphatic carbocycles. The van der Waals surface area contributed by atoms with Gasteiger partial charge in [-0.25, -0.2) is 4.79 Å². The first kappa shape index (κ1) is 28.3. The van der Waals surface area contributed by atoms with Crippen LogP contribution in [0.15, 0.2) is 101 Å². The summed E-state index contributed by atoms with van der Waals surface area (Å²) in [7, 11) is 4.64. The van der Waals surface area contributed by atoms with Gasteiger partial charge < -0.3 is 28.8 Å². The van der Waals surface area contributed by atoms with Crippen LogP contribution in [-0.2, 0) is 19.8 Å². The Labute approximate surface area is 236 Å². The Morgan fingerprint density at radius 3 is 1.90 bits per heavy atom. The van der Waals surface area contributed by atoms with Crippen molar-refractivity contribution in [2.45, 2.75) is 30.1 Å². The van der Waals surface area contributed by atoms with Gasteiger partial charge in [-0.15, -0.1) is 0 Å². The van der Waals surface area contributed by atoms with Gasteiger partial charge in [0, 0.05) is 19.4 Å². The fourth-order valence-corrected chi connectivity index (χ4v) is 5.24. The van der Waals surface area contributed by atoms with Crippen molar-refractivity contribution in [3.63, 3.8) is 0 Å². The van der Waals surface area contributed by atoms with Gasteiger partial charge in [0.05, 0.1) is 20.8 Å². The number of hydrogen-bond acceptors (Lipinski definition) is 8. The Morgan fingerprint density at radius 1 is 0.829 bits per heavy atom. The van der Waals surface area contributed by atoms with Crippen molar-refractivity contribution in [2.75, 3.05) is 27.9 Å². The summed E-state index contributed by atoms with van der Waals surface area (Å²) >= 11 is 0. The van der Waals surface area contributed by atoms with Gasteiger partial charge >= 0.3 is 5.69 Å². The van der Waals surface area contributed by atoms with Gasteiger partial charge in [0.2, 0.25) is 0 Å². The van der Waals surface area contributed by atoms with Gasteiger partial charge in [-0.3, -0.25) is 14.3 Å². The molecule has 0 amide bonds. The number of aromatic amines is 1. The van der Waals surface area contributed by atoms with Gasteiger partial charge in [0.15, 0.2) is 6.23 Å². The number of benzene rings is 3. The van der Waals surface area contributed by atoms with E-state index in [1.54, 1.807) is 14.2 Å². The van der Waals surface area contributed by atoms with E-state index in [1.165, 1.54) is 23.9 Å². The van der Waals surface area contributed by atoms with Crippen LogP contribution in [0.2, 0.25) is 0 Å². The molecule has 4 atom stereocenters. The normalized spacial score (nSPS) is 20.6. The highest BCUT2D eigenvalue weighted by Gasteiger charge is 2.47. The number of nitrogens with zero attached hydrogens (tertiary/aromatic N) is 1. The second-order valence-corrected chi connectivity index (χ2v) is 9.59. The SMILES string of the molecule is COc1ccc(C(OCC2OC(n3ccc(=O)[nH]c3=O)C(OC)C2O)(c2ccccc2)c2ccc(OC)cc2)cc1. The Morgan fingerprint density at radius 2 is 1.39 bits per heavy atom. The number of aliphatic hydroxyl groups excluding tert-OH is 1. The molecule has 3 aromatic carbocycles. The van der Waals surface area contributed by atoms with Crippen molar-refractivity contribution in [1.82, 2.24) is 9.55 Å². The number of ether oxygens (including phenoxy) is 5. The molecule has 214 valence electrons. The summed E-state index contributed by atoms with van der Waals surface area (Å²) in [6.45, 7) is -0.0669. The molecule has 10 heteroatoms. The molecule has 2 N–H and O–H groups in total. The van der Waals surface area contributed by atoms with Gasteiger partial charge in [-0.2, -0.15) is 0 Å². The average molecular weight is 561 g/mol. The molecule has 1 aliphatic rings. The zero-order valence-corrected chi connectivity index (χ0v) is 22.9. The third-order valence-corrected chi connectivity index (χ3v) is 7.35. The molecule has 41 heavy (non-hydrogen) atoms. The first-order chi connectivity index (χ1) is 19.9. The van der Waals surface area contributed by atoms with E-state index in [0.717, 1.165) is 16.7 Å². The van der Waals surface area contributed by atoms with E-state index in [1.807, 2.05) is 78.9 Å². The maximum absolute atomic E-state index is 12.5. The molecular formula is C31H32N2O8. The van der Waals surface area contributed by atoms with Crippen molar-refractivity contribution in [1.29, 1.82) is 0 Å². The second kappa shape index (κ2) is 12.1. The monoisotopic (exact) mass is 560 g/mol. The number of aliphatic hydroxyl groups is 1. The van der Waals surface area contributed by atoms with Crippen molar-refractivity contribution < 1.29 is 28.8 Å². The molecular weight excluding hydrogens is 528 g/mol. The smallest absolute Gasteiger partial charge is 0.330 e. The summed E-state index contributed by atoms with van der Waals surface area (Å²) in [4.78, 5) is 26.3. The van der Waals surface area contributed by atoms with Crippen LogP contribution in [0.1, 0.15) is 22.9 Å². The van der Waals surface area contributed by atoms with Crippen LogP contribution in [-0.4, -0.2) is 60.9 Å². The van der Waals surface area contributed by atoms with E-state index >= 15 is 0 Å². The van der Waals surface area contributed by atoms with Crippen LogP contribution in [0.3, 0.4) is 0 Å². The van der Waals surface area contributed by atoms with Crippen LogP contribution in [0.4, 0.5) is 0 Å². The summed E-state index contributed by atoms with van der Waals surface area (Å²) < 4.78 is 30.5. The molecule has 1 fully saturated rings. The van der Waals surface area contributed by atoms with Crippen LogP contribution < -0.4 is 20.7 Å². The lowest BCUT2D eigenvalue weighted by Gasteiger charge is -2.37. The largest absolute Gasteiger partial charge is 0.497 e. The molecule has 0 radical (unpaired) electrons. The number of aromatic nitrogens is 2. The number of H-pyrrole nitrogens is 1. The Bertz CT molecular complexity index is 1500. The lowest BCUT2D eigenvalue weighted by atomic mass is 9.80. The number of methoxy groups -OCH3 is 3. The summed E-state index contributed by atoms with van der Waals surface area (Å²) in [6, 6.07) is 26.1. The van der Waals surface area contributed by atoms with Gasteiger partial charge in [-0.1, -0.05) is 54.6 Å². The van der Waals surface area contributed by atoms with E-state index < -0.39 is 41.4 Å². The van der Waals surface area contributed by atoms with Crippen LogP contribution in [0, 0.1) is 0 Å². The van der Waals surface area contributed by atoms with Gasteiger partial charge in [0.25, 0.3) is 5.56 Å². The topological polar surface area (TPSA) is 121 Å². The minimum absolute atomic E-state index is 0.0669. The summed E-state index contributed by atoms with van der Waals surface area (Å²) in [6.07, 6.45) is -2.56. The van der Waals surface area contributed by atoms with Gasteiger partial charge in [0.1, 0.15) is 35.4 Å². The predicted molar refractivity (Wildman–Crippen MR) is 150 cm³/mol. The lowest BCUT2D eigenvalue weighted by molar-refractivity contribution is -0.0967. The zero-order chi connectivity index (χ0) is 29.0. The first-order valence-corrected chi connectivity index (χ1v) is 13.1. The average Bonchev–Trinajstić information content (AvgIpc) is 3.33. The van der Waals surface area contributed by atoms with Crippen molar-refractivity contribution in [3.8, 4) is 11.5 Å². The fraction of sp³-hybridized carbons (Fsp3) is 0.290. The molecule has 1 aromatic heterocycles. The Hall–Kier alpha value is -4.22. The molecule has 1 aliphatic heterocycles. The molecule has 2 heterocycles. The van der Waals surface area contributed by atoms with E-state index in [2.05, 4.69) is 4.98 Å². The van der Waals surface area contributed by atoms with E-state index in [9.17, 15) is 14.7 Å². The summed E-state index contributed by atoms with van der Waals surface area (Å²) in [5.41, 5.74) is 0.147. The Kier molecular flexibility index (Phi) is 8.36. The van der Waals surface area contributed by atoms with Crippen LogP contribution >= 0.6 is 0 Å². The number of nitrogens with one attached hydrogen (secondary N) is 1. The van der Waals surface area contributed by atoms with Crippen LogP contribution in [0.5, 0.6) is 11.5 Å². The second-order valence-electron chi connectivity index (χ2n) is 9.59.